The van der Waals surface area contributed by atoms with E-state index in [1.54, 1.807) is 23.7 Å². The Morgan fingerprint density at radius 1 is 1.16 bits per heavy atom. The quantitative estimate of drug-likeness (QED) is 0.590. The van der Waals surface area contributed by atoms with Crippen LogP contribution in [0.1, 0.15) is 16.2 Å². The minimum Gasteiger partial charge on any atom is -0.296 e. The maximum atomic E-state index is 12.5. The van der Waals surface area contributed by atoms with Crippen LogP contribution in [-0.4, -0.2) is 25.9 Å². The Kier molecular flexibility index (Phi) is 3.95. The number of fused-ring (bicyclic) bond motifs is 1. The number of thiazole rings is 1. The molecular weight excluding hydrogens is 358 g/mol. The number of halogens is 1. The summed E-state index contributed by atoms with van der Waals surface area (Å²) >= 11 is 7.32. The van der Waals surface area contributed by atoms with Crippen LogP contribution in [0.4, 0.5) is 5.13 Å². The summed E-state index contributed by atoms with van der Waals surface area (Å²) in [7, 11) is 0. The van der Waals surface area contributed by atoms with Gasteiger partial charge in [0.15, 0.2) is 10.8 Å². The Labute approximate surface area is 152 Å². The number of hydrogen-bond acceptors (Lipinski definition) is 5. The van der Waals surface area contributed by atoms with Gasteiger partial charge in [-0.05, 0) is 43.3 Å². The lowest BCUT2D eigenvalue weighted by Gasteiger charge is -2.03. The zero-order chi connectivity index (χ0) is 17.4. The maximum absolute atomic E-state index is 12.5. The molecule has 1 N–H and O–H groups in total. The molecule has 0 spiro atoms. The van der Waals surface area contributed by atoms with Crippen LogP contribution in [0.15, 0.2) is 48.5 Å². The van der Waals surface area contributed by atoms with Gasteiger partial charge in [-0.2, -0.15) is 0 Å². The highest BCUT2D eigenvalue weighted by Crippen LogP contribution is 2.26. The fourth-order valence-electron chi connectivity index (χ4n) is 2.45. The van der Waals surface area contributed by atoms with Gasteiger partial charge < -0.3 is 0 Å². The zero-order valence-electron chi connectivity index (χ0n) is 13.1. The Bertz CT molecular complexity index is 1040. The molecule has 0 aliphatic heterocycles. The first-order valence-corrected chi connectivity index (χ1v) is 8.66. The van der Waals surface area contributed by atoms with Crippen molar-refractivity contribution in [2.45, 2.75) is 6.92 Å². The third kappa shape index (κ3) is 2.99. The molecular formula is C17H12ClN5OS. The minimum atomic E-state index is -0.336. The standard InChI is InChI=1S/C17H12ClN5OS/c1-10-15(21-22-23(10)12-8-6-11(18)7-9-12)16(24)20-17-19-13-4-2-3-5-14(13)25-17/h2-9H,1H3,(H,19,20,24). The number of carbonyl (C=O) groups excluding carboxylic acids is 1. The van der Waals surface area contributed by atoms with Crippen molar-refractivity contribution in [1.29, 1.82) is 0 Å². The van der Waals surface area contributed by atoms with E-state index in [1.807, 2.05) is 36.4 Å². The van der Waals surface area contributed by atoms with E-state index in [-0.39, 0.29) is 11.6 Å². The Morgan fingerprint density at radius 3 is 2.68 bits per heavy atom. The summed E-state index contributed by atoms with van der Waals surface area (Å²) in [5.74, 6) is -0.336. The number of carbonyl (C=O) groups is 1. The molecule has 8 heteroatoms. The Morgan fingerprint density at radius 2 is 1.92 bits per heavy atom. The van der Waals surface area contributed by atoms with E-state index < -0.39 is 0 Å². The van der Waals surface area contributed by atoms with Crippen molar-refractivity contribution in [2.24, 2.45) is 0 Å². The second-order valence-electron chi connectivity index (χ2n) is 5.35. The lowest BCUT2D eigenvalue weighted by Crippen LogP contribution is -2.14. The number of nitrogens with zero attached hydrogens (tertiary/aromatic N) is 4. The molecule has 0 fully saturated rings. The number of hydrogen-bond donors (Lipinski definition) is 1. The second-order valence-corrected chi connectivity index (χ2v) is 6.82. The average Bonchev–Trinajstić information content (AvgIpc) is 3.18. The molecule has 25 heavy (non-hydrogen) atoms. The molecule has 2 aromatic heterocycles. The van der Waals surface area contributed by atoms with Crippen LogP contribution in [0.5, 0.6) is 0 Å². The van der Waals surface area contributed by atoms with Gasteiger partial charge >= 0.3 is 0 Å². The molecule has 4 aromatic rings. The summed E-state index contributed by atoms with van der Waals surface area (Å²) in [6.07, 6.45) is 0. The van der Waals surface area contributed by atoms with Crippen molar-refractivity contribution >= 4 is 44.2 Å². The summed E-state index contributed by atoms with van der Waals surface area (Å²) in [5.41, 5.74) is 2.54. The van der Waals surface area contributed by atoms with Crippen molar-refractivity contribution in [1.82, 2.24) is 20.0 Å². The largest absolute Gasteiger partial charge is 0.296 e. The molecule has 124 valence electrons. The number of anilines is 1. The molecule has 0 aliphatic carbocycles. The van der Waals surface area contributed by atoms with Crippen molar-refractivity contribution in [3.05, 3.63) is 64.9 Å². The number of para-hydroxylation sites is 1. The van der Waals surface area contributed by atoms with Crippen molar-refractivity contribution in [2.75, 3.05) is 5.32 Å². The van der Waals surface area contributed by atoms with Gasteiger partial charge in [0.1, 0.15) is 0 Å². The Hall–Kier alpha value is -2.77. The van der Waals surface area contributed by atoms with E-state index in [1.165, 1.54) is 11.3 Å². The van der Waals surface area contributed by atoms with Gasteiger partial charge in [-0.25, -0.2) is 9.67 Å². The first-order valence-electron chi connectivity index (χ1n) is 7.47. The lowest BCUT2D eigenvalue weighted by atomic mass is 10.3. The normalized spacial score (nSPS) is 11.0. The van der Waals surface area contributed by atoms with Gasteiger partial charge in [-0.15, -0.1) is 5.10 Å². The van der Waals surface area contributed by atoms with Gasteiger partial charge in [-0.3, -0.25) is 10.1 Å². The van der Waals surface area contributed by atoms with Crippen molar-refractivity contribution in [3.8, 4) is 5.69 Å². The first kappa shape index (κ1) is 15.7. The predicted molar refractivity (Wildman–Crippen MR) is 98.7 cm³/mol. The predicted octanol–water partition coefficient (Wildman–Crippen LogP) is 4.09. The van der Waals surface area contributed by atoms with Crippen LogP contribution in [0.2, 0.25) is 5.02 Å². The molecule has 0 aliphatic rings. The summed E-state index contributed by atoms with van der Waals surface area (Å²) in [5, 5.41) is 12.0. The summed E-state index contributed by atoms with van der Waals surface area (Å²) in [6.45, 7) is 1.79. The minimum absolute atomic E-state index is 0.259. The molecule has 0 bridgehead atoms. The maximum Gasteiger partial charge on any atom is 0.279 e. The van der Waals surface area contributed by atoms with Crippen LogP contribution in [0, 0.1) is 6.92 Å². The molecule has 4 rings (SSSR count). The van der Waals surface area contributed by atoms with Crippen molar-refractivity contribution < 1.29 is 4.79 Å². The second kappa shape index (κ2) is 6.27. The van der Waals surface area contributed by atoms with E-state index in [9.17, 15) is 4.79 Å². The zero-order valence-corrected chi connectivity index (χ0v) is 14.7. The van der Waals surface area contributed by atoms with Crippen LogP contribution < -0.4 is 5.32 Å². The molecule has 6 nitrogen and oxygen atoms in total. The number of benzene rings is 2. The van der Waals surface area contributed by atoms with Crippen LogP contribution >= 0.6 is 22.9 Å². The molecule has 0 saturated carbocycles. The molecule has 2 aromatic carbocycles. The number of amides is 1. The van der Waals surface area contributed by atoms with E-state index >= 15 is 0 Å². The van der Waals surface area contributed by atoms with Gasteiger partial charge in [0.2, 0.25) is 0 Å². The summed E-state index contributed by atoms with van der Waals surface area (Å²) in [4.78, 5) is 16.9. The van der Waals surface area contributed by atoms with Crippen LogP contribution in [-0.2, 0) is 0 Å². The smallest absolute Gasteiger partial charge is 0.279 e. The topological polar surface area (TPSA) is 72.7 Å². The van der Waals surface area contributed by atoms with Gasteiger partial charge in [0.25, 0.3) is 5.91 Å². The third-order valence-electron chi connectivity index (χ3n) is 3.70. The Balaban J connectivity index is 1.61. The molecule has 2 heterocycles. The van der Waals surface area contributed by atoms with Crippen LogP contribution in [0.3, 0.4) is 0 Å². The molecule has 0 radical (unpaired) electrons. The highest BCUT2D eigenvalue weighted by molar-refractivity contribution is 7.22. The first-order chi connectivity index (χ1) is 12.1. The van der Waals surface area contributed by atoms with Gasteiger partial charge in [-0.1, -0.05) is 40.3 Å². The molecule has 0 atom stereocenters. The molecule has 0 saturated heterocycles. The number of nitrogens with one attached hydrogen (secondary N) is 1. The van der Waals surface area contributed by atoms with E-state index in [2.05, 4.69) is 20.6 Å². The molecule has 0 unspecified atom stereocenters. The van der Waals surface area contributed by atoms with Crippen molar-refractivity contribution in [3.63, 3.8) is 0 Å². The van der Waals surface area contributed by atoms with E-state index in [0.29, 0.717) is 15.8 Å². The number of aromatic nitrogens is 4. The van der Waals surface area contributed by atoms with E-state index in [0.717, 1.165) is 15.9 Å². The van der Waals surface area contributed by atoms with Gasteiger partial charge in [0.05, 0.1) is 21.6 Å². The fourth-order valence-corrected chi connectivity index (χ4v) is 3.44. The number of rotatable bonds is 3. The van der Waals surface area contributed by atoms with E-state index in [4.69, 9.17) is 11.6 Å². The third-order valence-corrected chi connectivity index (χ3v) is 4.90. The summed E-state index contributed by atoms with van der Waals surface area (Å²) < 4.78 is 2.61. The molecule has 1 amide bonds. The van der Waals surface area contributed by atoms with Gasteiger partial charge in [0, 0.05) is 5.02 Å². The average molecular weight is 370 g/mol. The van der Waals surface area contributed by atoms with Crippen LogP contribution in [0.25, 0.3) is 15.9 Å². The monoisotopic (exact) mass is 369 g/mol. The fraction of sp³-hybridized carbons (Fsp3) is 0.0588. The lowest BCUT2D eigenvalue weighted by molar-refractivity contribution is 0.102. The highest BCUT2D eigenvalue weighted by Gasteiger charge is 2.18. The summed E-state index contributed by atoms with van der Waals surface area (Å²) in [6, 6.07) is 14.9. The highest BCUT2D eigenvalue weighted by atomic mass is 35.5. The SMILES string of the molecule is Cc1c(C(=O)Nc2nc3ccccc3s2)nnn1-c1ccc(Cl)cc1.